The van der Waals surface area contributed by atoms with Gasteiger partial charge < -0.3 is 20.2 Å². The third-order valence-corrected chi connectivity index (χ3v) is 1.51. The molecule has 0 atom stereocenters. The van der Waals surface area contributed by atoms with Gasteiger partial charge in [-0.25, -0.2) is 0 Å². The number of hydrogen-bond acceptors (Lipinski definition) is 4. The predicted octanol–water partition coefficient (Wildman–Crippen LogP) is -1.61. The maximum absolute atomic E-state index is 8.42. The normalized spacial score (nSPS) is 8.36. The molecule has 0 amide bonds. The SMILES string of the molecule is CCCCCCCCO.[Cu].[O-]B([O-])[O-]. The molecule has 0 aromatic heterocycles. The molecule has 14 heavy (non-hydrogen) atoms. The van der Waals surface area contributed by atoms with E-state index in [1.54, 1.807) is 0 Å². The van der Waals surface area contributed by atoms with Crippen LogP contribution in [0, 0.1) is 0 Å². The predicted molar refractivity (Wildman–Crippen MR) is 46.2 cm³/mol. The van der Waals surface area contributed by atoms with Gasteiger partial charge in [0.1, 0.15) is 0 Å². The first-order valence-electron chi connectivity index (χ1n) is 4.73. The number of aliphatic hydroxyl groups excluding tert-OH is 1. The van der Waals surface area contributed by atoms with E-state index >= 15 is 0 Å². The largest absolute Gasteiger partial charge is 0.907 e. The van der Waals surface area contributed by atoms with Crippen LogP contribution in [0.2, 0.25) is 0 Å². The van der Waals surface area contributed by atoms with Gasteiger partial charge in [-0.1, -0.05) is 39.0 Å². The molecule has 0 heterocycles. The molecule has 1 N–H and O–H groups in total. The van der Waals surface area contributed by atoms with Crippen LogP contribution in [0.25, 0.3) is 0 Å². The van der Waals surface area contributed by atoms with Gasteiger partial charge in [-0.05, 0) is 6.42 Å². The Morgan fingerprint density at radius 1 is 0.929 bits per heavy atom. The Bertz CT molecular complexity index is 77.0. The Morgan fingerprint density at radius 2 is 1.29 bits per heavy atom. The van der Waals surface area contributed by atoms with E-state index in [1.165, 1.54) is 32.1 Å². The van der Waals surface area contributed by atoms with Crippen LogP contribution in [0.3, 0.4) is 0 Å². The van der Waals surface area contributed by atoms with Crippen molar-refractivity contribution in [2.24, 2.45) is 0 Å². The molecular formula is C8H18BCuO4-3. The van der Waals surface area contributed by atoms with E-state index in [2.05, 4.69) is 6.92 Å². The molecule has 0 unspecified atom stereocenters. The third-order valence-electron chi connectivity index (χ3n) is 1.51. The van der Waals surface area contributed by atoms with Gasteiger partial charge in [0.05, 0.1) is 0 Å². The van der Waals surface area contributed by atoms with Crippen molar-refractivity contribution in [3.05, 3.63) is 0 Å². The zero-order valence-electron chi connectivity index (χ0n) is 8.50. The first kappa shape index (κ1) is 19.9. The van der Waals surface area contributed by atoms with Crippen molar-refractivity contribution in [1.82, 2.24) is 0 Å². The summed E-state index contributed by atoms with van der Waals surface area (Å²) >= 11 is 0. The fraction of sp³-hybridized carbons (Fsp3) is 1.00. The molecule has 91 valence electrons. The molecule has 0 saturated carbocycles. The van der Waals surface area contributed by atoms with Gasteiger partial charge in [-0.2, -0.15) is 0 Å². The Labute approximate surface area is 97.0 Å². The fourth-order valence-electron chi connectivity index (χ4n) is 0.892. The standard InChI is InChI=1S/C8H18O.BO3.Cu/c1-2-3-4-5-6-7-8-9;2-1(3)4;/h9H,2-8H2,1H3;;/q;-3;. The zero-order chi connectivity index (χ0) is 10.5. The second-order valence-corrected chi connectivity index (χ2v) is 2.78. The molecule has 0 aliphatic rings. The van der Waals surface area contributed by atoms with E-state index in [-0.39, 0.29) is 17.1 Å². The van der Waals surface area contributed by atoms with Crippen LogP contribution in [-0.2, 0) is 17.1 Å². The van der Waals surface area contributed by atoms with Crippen molar-refractivity contribution in [2.45, 2.75) is 45.4 Å². The summed E-state index contributed by atoms with van der Waals surface area (Å²) in [6.07, 6.45) is 7.50. The second-order valence-electron chi connectivity index (χ2n) is 2.78. The quantitative estimate of drug-likeness (QED) is 0.455. The molecule has 0 saturated heterocycles. The molecule has 0 aromatic carbocycles. The van der Waals surface area contributed by atoms with Crippen molar-refractivity contribution in [2.75, 3.05) is 6.61 Å². The average molecular weight is 253 g/mol. The van der Waals surface area contributed by atoms with E-state index < -0.39 is 7.32 Å². The summed E-state index contributed by atoms with van der Waals surface area (Å²) in [6.45, 7) is 2.58. The van der Waals surface area contributed by atoms with Crippen LogP contribution in [0.5, 0.6) is 0 Å². The van der Waals surface area contributed by atoms with Crippen molar-refractivity contribution in [3.63, 3.8) is 0 Å². The van der Waals surface area contributed by atoms with Crippen LogP contribution in [0.1, 0.15) is 45.4 Å². The topological polar surface area (TPSA) is 89.4 Å². The zero-order valence-corrected chi connectivity index (χ0v) is 9.44. The van der Waals surface area contributed by atoms with Crippen molar-refractivity contribution in [1.29, 1.82) is 0 Å². The maximum Gasteiger partial charge on any atom is 0.0431 e. The molecule has 0 aliphatic heterocycles. The summed E-state index contributed by atoms with van der Waals surface area (Å²) in [5, 5.41) is 33.7. The number of hydrogen-bond donors (Lipinski definition) is 1. The smallest absolute Gasteiger partial charge is 0.0431 e. The van der Waals surface area contributed by atoms with Crippen LogP contribution in [0.4, 0.5) is 0 Å². The minimum Gasteiger partial charge on any atom is -0.907 e. The Hall–Kier alpha value is 0.424. The van der Waals surface area contributed by atoms with Crippen molar-refractivity contribution >= 4 is 7.32 Å². The van der Waals surface area contributed by atoms with E-state index in [4.69, 9.17) is 20.2 Å². The molecule has 6 heteroatoms. The van der Waals surface area contributed by atoms with Crippen LogP contribution >= 0.6 is 0 Å². The molecule has 0 aliphatic carbocycles. The Balaban J connectivity index is -0.000000209. The van der Waals surface area contributed by atoms with E-state index in [0.717, 1.165) is 6.42 Å². The van der Waals surface area contributed by atoms with Gasteiger partial charge in [-0.3, -0.25) is 7.32 Å². The molecule has 0 rings (SSSR count). The molecule has 0 bridgehead atoms. The summed E-state index contributed by atoms with van der Waals surface area (Å²) in [5.41, 5.74) is 0. The molecule has 0 aromatic rings. The fourth-order valence-corrected chi connectivity index (χ4v) is 0.892. The number of aliphatic hydroxyl groups is 1. The average Bonchev–Trinajstić information content (AvgIpc) is 2.03. The van der Waals surface area contributed by atoms with Gasteiger partial charge in [0.15, 0.2) is 0 Å². The van der Waals surface area contributed by atoms with Crippen LogP contribution in [0.15, 0.2) is 0 Å². The molecule has 0 spiro atoms. The van der Waals surface area contributed by atoms with Gasteiger partial charge in [0, 0.05) is 23.7 Å². The summed E-state index contributed by atoms with van der Waals surface area (Å²) in [6, 6.07) is 0. The minimum atomic E-state index is -2.92. The minimum absolute atomic E-state index is 0. The maximum atomic E-state index is 8.42. The summed E-state index contributed by atoms with van der Waals surface area (Å²) in [5.74, 6) is 0. The summed E-state index contributed by atoms with van der Waals surface area (Å²) in [7, 11) is -2.92. The van der Waals surface area contributed by atoms with Gasteiger partial charge >= 0.3 is 0 Å². The monoisotopic (exact) mass is 252 g/mol. The van der Waals surface area contributed by atoms with Crippen molar-refractivity contribution in [3.8, 4) is 0 Å². The van der Waals surface area contributed by atoms with E-state index in [1.807, 2.05) is 0 Å². The number of rotatable bonds is 6. The third kappa shape index (κ3) is 39.3. The van der Waals surface area contributed by atoms with E-state index in [0.29, 0.717) is 6.61 Å². The molecule has 0 fully saturated rings. The number of unbranched alkanes of at least 4 members (excludes halogenated alkanes) is 5. The first-order valence-corrected chi connectivity index (χ1v) is 4.73. The van der Waals surface area contributed by atoms with Crippen molar-refractivity contribution < 1.29 is 37.2 Å². The summed E-state index contributed by atoms with van der Waals surface area (Å²) < 4.78 is 0. The molecule has 1 radical (unpaired) electrons. The molecule has 4 nitrogen and oxygen atoms in total. The van der Waals surface area contributed by atoms with E-state index in [9.17, 15) is 0 Å². The van der Waals surface area contributed by atoms with Gasteiger partial charge in [-0.15, -0.1) is 0 Å². The Kier molecular flexibility index (Phi) is 27.1. The van der Waals surface area contributed by atoms with Gasteiger partial charge in [0.2, 0.25) is 0 Å². The second kappa shape index (κ2) is 19.1. The summed E-state index contributed by atoms with van der Waals surface area (Å²) in [4.78, 5) is 0. The van der Waals surface area contributed by atoms with Gasteiger partial charge in [0.25, 0.3) is 0 Å². The van der Waals surface area contributed by atoms with Crippen LogP contribution < -0.4 is 15.1 Å². The first-order chi connectivity index (χ1) is 6.15. The Morgan fingerprint density at radius 3 is 1.64 bits per heavy atom. The molecular weight excluding hydrogens is 234 g/mol. The van der Waals surface area contributed by atoms with Crippen LogP contribution in [-0.4, -0.2) is 19.0 Å².